The van der Waals surface area contributed by atoms with E-state index in [1.165, 1.54) is 4.90 Å². The molecule has 1 atom stereocenters. The maximum atomic E-state index is 12.2. The number of carbonyl (C=O) groups excluding carboxylic acids is 2. The molecule has 2 aliphatic rings. The Kier molecular flexibility index (Phi) is 4.61. The molecule has 23 heavy (non-hydrogen) atoms. The third kappa shape index (κ3) is 3.52. The minimum absolute atomic E-state index is 0.0553. The number of nitrogens with zero attached hydrogens (tertiary/aromatic N) is 1. The monoisotopic (exact) mass is 337 g/mol. The van der Waals surface area contributed by atoms with Crippen molar-refractivity contribution in [2.75, 3.05) is 26.2 Å². The molecule has 124 valence electrons. The Hall–Kier alpha value is -1.95. The van der Waals surface area contributed by atoms with Crippen LogP contribution in [-0.2, 0) is 11.2 Å². The van der Waals surface area contributed by atoms with Gasteiger partial charge in [-0.25, -0.2) is 4.79 Å². The first-order valence-corrected chi connectivity index (χ1v) is 8.19. The lowest BCUT2D eigenvalue weighted by molar-refractivity contribution is -0.122. The van der Waals surface area contributed by atoms with Crippen molar-refractivity contribution in [3.63, 3.8) is 0 Å². The second-order valence-corrected chi connectivity index (χ2v) is 6.31. The largest absolute Gasteiger partial charge is 0.493 e. The number of rotatable bonds is 4. The molecule has 3 rings (SSSR count). The van der Waals surface area contributed by atoms with Crippen molar-refractivity contribution in [1.29, 1.82) is 0 Å². The summed E-state index contributed by atoms with van der Waals surface area (Å²) >= 11 is 6.15. The summed E-state index contributed by atoms with van der Waals surface area (Å²) in [5.74, 6) is 0.624. The fourth-order valence-corrected chi connectivity index (χ4v) is 3.24. The minimum atomic E-state index is -0.235. The summed E-state index contributed by atoms with van der Waals surface area (Å²) in [6, 6.07) is 3.30. The van der Waals surface area contributed by atoms with E-state index in [0.717, 1.165) is 29.7 Å². The molecule has 0 saturated carbocycles. The topological polar surface area (TPSA) is 70.7 Å². The van der Waals surface area contributed by atoms with E-state index in [2.05, 4.69) is 10.6 Å². The summed E-state index contributed by atoms with van der Waals surface area (Å²) in [5.41, 5.74) is 1.95. The fourth-order valence-electron chi connectivity index (χ4n) is 2.99. The Morgan fingerprint density at radius 3 is 3.13 bits per heavy atom. The van der Waals surface area contributed by atoms with Gasteiger partial charge in [-0.15, -0.1) is 0 Å². The molecule has 2 heterocycles. The van der Waals surface area contributed by atoms with E-state index >= 15 is 0 Å². The summed E-state index contributed by atoms with van der Waals surface area (Å²) in [7, 11) is 0. The van der Waals surface area contributed by atoms with Crippen molar-refractivity contribution in [3.8, 4) is 5.75 Å². The van der Waals surface area contributed by atoms with Gasteiger partial charge in [0.05, 0.1) is 12.6 Å². The van der Waals surface area contributed by atoms with Gasteiger partial charge >= 0.3 is 6.03 Å². The van der Waals surface area contributed by atoms with Crippen LogP contribution in [0.3, 0.4) is 0 Å². The molecule has 1 fully saturated rings. The van der Waals surface area contributed by atoms with Crippen LogP contribution >= 0.6 is 11.6 Å². The van der Waals surface area contributed by atoms with Gasteiger partial charge in [0.15, 0.2) is 0 Å². The van der Waals surface area contributed by atoms with Crippen molar-refractivity contribution < 1.29 is 14.3 Å². The first kappa shape index (κ1) is 15.9. The van der Waals surface area contributed by atoms with Gasteiger partial charge in [0, 0.05) is 30.1 Å². The van der Waals surface area contributed by atoms with Crippen molar-refractivity contribution in [1.82, 2.24) is 15.5 Å². The minimum Gasteiger partial charge on any atom is -0.493 e. The van der Waals surface area contributed by atoms with Crippen molar-refractivity contribution in [2.45, 2.75) is 25.8 Å². The van der Waals surface area contributed by atoms with Crippen LogP contribution in [0.2, 0.25) is 5.02 Å². The van der Waals surface area contributed by atoms with Gasteiger partial charge < -0.3 is 20.3 Å². The van der Waals surface area contributed by atoms with E-state index < -0.39 is 0 Å². The molecule has 3 amide bonds. The third-order valence-electron chi connectivity index (χ3n) is 4.12. The lowest BCUT2D eigenvalue weighted by Gasteiger charge is -2.27. The fraction of sp³-hybridized carbons (Fsp3) is 0.500. The number of nitrogens with one attached hydrogen (secondary N) is 2. The first-order chi connectivity index (χ1) is 11.0. The number of fused-ring (bicyclic) bond motifs is 1. The van der Waals surface area contributed by atoms with Gasteiger partial charge in [-0.3, -0.25) is 4.79 Å². The van der Waals surface area contributed by atoms with E-state index in [1.54, 1.807) is 0 Å². The maximum absolute atomic E-state index is 12.2. The van der Waals surface area contributed by atoms with E-state index in [4.69, 9.17) is 16.3 Å². The zero-order valence-electron chi connectivity index (χ0n) is 13.0. The van der Waals surface area contributed by atoms with Crippen molar-refractivity contribution in [3.05, 3.63) is 28.3 Å². The molecule has 0 aliphatic carbocycles. The molecule has 0 radical (unpaired) electrons. The third-order valence-corrected chi connectivity index (χ3v) is 4.34. The zero-order valence-corrected chi connectivity index (χ0v) is 13.8. The first-order valence-electron chi connectivity index (χ1n) is 7.82. The predicted molar refractivity (Wildman–Crippen MR) is 86.8 cm³/mol. The highest BCUT2D eigenvalue weighted by Gasteiger charge is 2.24. The van der Waals surface area contributed by atoms with E-state index in [-0.39, 0.29) is 24.5 Å². The highest BCUT2D eigenvalue weighted by atomic mass is 35.5. The number of amides is 3. The quantitative estimate of drug-likeness (QED) is 0.881. The Balaban J connectivity index is 1.66. The number of halogens is 1. The Bertz CT molecular complexity index is 635. The van der Waals surface area contributed by atoms with Gasteiger partial charge in [-0.1, -0.05) is 11.6 Å². The number of ether oxygens (including phenoxy) is 1. The van der Waals surface area contributed by atoms with Gasteiger partial charge in [0.1, 0.15) is 12.3 Å². The van der Waals surface area contributed by atoms with Crippen LogP contribution in [0, 0.1) is 0 Å². The normalized spacial score (nSPS) is 18.0. The van der Waals surface area contributed by atoms with Crippen molar-refractivity contribution in [2.24, 2.45) is 0 Å². The van der Waals surface area contributed by atoms with Crippen LogP contribution in [0.5, 0.6) is 5.75 Å². The molecule has 2 N–H and O–H groups in total. The summed E-state index contributed by atoms with van der Waals surface area (Å²) in [4.78, 5) is 25.4. The average molecular weight is 338 g/mol. The summed E-state index contributed by atoms with van der Waals surface area (Å²) in [5, 5.41) is 6.29. The number of benzene rings is 1. The lowest BCUT2D eigenvalue weighted by atomic mass is 10.0. The highest BCUT2D eigenvalue weighted by Crippen LogP contribution is 2.36. The van der Waals surface area contributed by atoms with Crippen LogP contribution in [-0.4, -0.2) is 43.1 Å². The highest BCUT2D eigenvalue weighted by molar-refractivity contribution is 6.30. The predicted octanol–water partition coefficient (Wildman–Crippen LogP) is 1.87. The lowest BCUT2D eigenvalue weighted by Crippen LogP contribution is -2.50. The average Bonchev–Trinajstić information content (AvgIpc) is 2.96. The SMILES string of the molecule is CC(NC(=O)CN1CCCNC1=O)c1cc(Cl)cc2c1OCC2. The van der Waals surface area contributed by atoms with Crippen molar-refractivity contribution >= 4 is 23.5 Å². The van der Waals surface area contributed by atoms with Crippen LogP contribution in [0.4, 0.5) is 4.79 Å². The second kappa shape index (κ2) is 6.66. The molecule has 1 saturated heterocycles. The zero-order chi connectivity index (χ0) is 16.4. The van der Waals surface area contributed by atoms with E-state index in [1.807, 2.05) is 19.1 Å². The van der Waals surface area contributed by atoms with Gasteiger partial charge in [0.2, 0.25) is 5.91 Å². The molecule has 0 bridgehead atoms. The van der Waals surface area contributed by atoms with Gasteiger partial charge in [-0.05, 0) is 31.0 Å². The second-order valence-electron chi connectivity index (χ2n) is 5.88. The molecular weight excluding hydrogens is 318 g/mol. The molecule has 0 aromatic heterocycles. The number of hydrogen-bond acceptors (Lipinski definition) is 3. The van der Waals surface area contributed by atoms with Crippen LogP contribution < -0.4 is 15.4 Å². The molecule has 2 aliphatic heterocycles. The van der Waals surface area contributed by atoms with E-state index in [0.29, 0.717) is 24.7 Å². The number of urea groups is 1. The standard InChI is InChI=1S/C16H20ClN3O3/c1-10(13-8-12(17)7-11-3-6-23-15(11)13)19-14(21)9-20-5-2-4-18-16(20)22/h7-8,10H,2-6,9H2,1H3,(H,18,22)(H,19,21). The summed E-state index contributed by atoms with van der Waals surface area (Å²) in [6.45, 7) is 3.85. The molecule has 6 nitrogen and oxygen atoms in total. The molecular formula is C16H20ClN3O3. The molecule has 0 spiro atoms. The molecule has 1 aromatic carbocycles. The van der Waals surface area contributed by atoms with Crippen LogP contribution in [0.15, 0.2) is 12.1 Å². The van der Waals surface area contributed by atoms with Gasteiger partial charge in [-0.2, -0.15) is 0 Å². The van der Waals surface area contributed by atoms with Crippen LogP contribution in [0.1, 0.15) is 30.5 Å². The smallest absolute Gasteiger partial charge is 0.317 e. The number of hydrogen-bond donors (Lipinski definition) is 2. The Morgan fingerprint density at radius 1 is 1.52 bits per heavy atom. The maximum Gasteiger partial charge on any atom is 0.317 e. The van der Waals surface area contributed by atoms with Crippen LogP contribution in [0.25, 0.3) is 0 Å². The summed E-state index contributed by atoms with van der Waals surface area (Å²) in [6.07, 6.45) is 1.68. The molecule has 1 aromatic rings. The van der Waals surface area contributed by atoms with E-state index in [9.17, 15) is 9.59 Å². The summed E-state index contributed by atoms with van der Waals surface area (Å²) < 4.78 is 5.67. The molecule has 1 unspecified atom stereocenters. The molecule has 7 heteroatoms. The Labute approximate surface area is 140 Å². The Morgan fingerprint density at radius 2 is 2.35 bits per heavy atom. The number of carbonyl (C=O) groups is 2. The van der Waals surface area contributed by atoms with Gasteiger partial charge in [0.25, 0.3) is 0 Å².